The molecule has 2 unspecified atom stereocenters. The van der Waals surface area contributed by atoms with E-state index in [1.165, 1.54) is 0 Å². The molecule has 5 nitrogen and oxygen atoms in total. The van der Waals surface area contributed by atoms with Crippen LogP contribution in [0.25, 0.3) is 0 Å². The van der Waals surface area contributed by atoms with E-state index in [4.69, 9.17) is 4.74 Å². The summed E-state index contributed by atoms with van der Waals surface area (Å²) in [5, 5.41) is 3.53. The second-order valence-electron chi connectivity index (χ2n) is 8.41. The van der Waals surface area contributed by atoms with Gasteiger partial charge in [-0.05, 0) is 49.8 Å². The van der Waals surface area contributed by atoms with Crippen LogP contribution in [0.1, 0.15) is 15.9 Å². The number of nitrogens with zero attached hydrogens (tertiary/aromatic N) is 2. The Kier molecular flexibility index (Phi) is 5.38. The van der Waals surface area contributed by atoms with Crippen LogP contribution < -0.4 is 10.1 Å². The van der Waals surface area contributed by atoms with E-state index in [1.807, 2.05) is 59.5 Å². The summed E-state index contributed by atoms with van der Waals surface area (Å²) in [6, 6.07) is 17.6. The molecule has 0 saturated carbocycles. The highest BCUT2D eigenvalue weighted by Gasteiger charge is 2.50. The van der Waals surface area contributed by atoms with Crippen molar-refractivity contribution in [2.75, 3.05) is 46.8 Å². The summed E-state index contributed by atoms with van der Waals surface area (Å²) in [7, 11) is 4.23. The van der Waals surface area contributed by atoms with Gasteiger partial charge in [0.05, 0.1) is 0 Å². The number of amides is 1. The Morgan fingerprint density at radius 1 is 1.18 bits per heavy atom. The molecule has 2 aromatic rings. The van der Waals surface area contributed by atoms with Gasteiger partial charge in [0.2, 0.25) is 0 Å². The van der Waals surface area contributed by atoms with Gasteiger partial charge in [0.15, 0.2) is 0 Å². The fourth-order valence-electron chi connectivity index (χ4n) is 4.64. The van der Waals surface area contributed by atoms with Crippen molar-refractivity contribution < 1.29 is 9.53 Å². The van der Waals surface area contributed by atoms with Crippen LogP contribution in [0.3, 0.4) is 0 Å². The SMILES string of the molecule is CN(C)CC12CNCC1CN(C(=O)c1ccc(COc3ccccc3)cc1)C2. The second-order valence-corrected chi connectivity index (χ2v) is 8.41. The molecule has 0 spiro atoms. The normalized spacial score (nSPS) is 23.8. The largest absolute Gasteiger partial charge is 0.489 e. The number of ether oxygens (including phenoxy) is 1. The molecule has 0 aromatic heterocycles. The van der Waals surface area contributed by atoms with Gasteiger partial charge in [-0.2, -0.15) is 0 Å². The zero-order valence-corrected chi connectivity index (χ0v) is 16.7. The molecule has 2 atom stereocenters. The molecule has 148 valence electrons. The van der Waals surface area contributed by atoms with Crippen molar-refractivity contribution in [3.63, 3.8) is 0 Å². The highest BCUT2D eigenvalue weighted by atomic mass is 16.5. The lowest BCUT2D eigenvalue weighted by Crippen LogP contribution is -2.42. The number of hydrogen-bond acceptors (Lipinski definition) is 4. The summed E-state index contributed by atoms with van der Waals surface area (Å²) >= 11 is 0. The minimum absolute atomic E-state index is 0.142. The van der Waals surface area contributed by atoms with E-state index in [-0.39, 0.29) is 11.3 Å². The minimum Gasteiger partial charge on any atom is -0.489 e. The van der Waals surface area contributed by atoms with Crippen LogP contribution in [0.5, 0.6) is 5.75 Å². The van der Waals surface area contributed by atoms with Gasteiger partial charge in [0.25, 0.3) is 5.91 Å². The molecule has 28 heavy (non-hydrogen) atoms. The lowest BCUT2D eigenvalue weighted by molar-refractivity contribution is 0.0764. The molecule has 0 bridgehead atoms. The van der Waals surface area contributed by atoms with E-state index in [9.17, 15) is 4.79 Å². The first-order valence-corrected chi connectivity index (χ1v) is 9.97. The van der Waals surface area contributed by atoms with Crippen molar-refractivity contribution in [1.82, 2.24) is 15.1 Å². The van der Waals surface area contributed by atoms with E-state index in [2.05, 4.69) is 24.3 Å². The Hall–Kier alpha value is -2.37. The molecule has 2 aliphatic rings. The lowest BCUT2D eigenvalue weighted by Gasteiger charge is -2.31. The topological polar surface area (TPSA) is 44.8 Å². The van der Waals surface area contributed by atoms with Gasteiger partial charge in [-0.25, -0.2) is 0 Å². The molecule has 4 rings (SSSR count). The number of hydrogen-bond donors (Lipinski definition) is 1. The zero-order valence-electron chi connectivity index (χ0n) is 16.7. The van der Waals surface area contributed by atoms with Crippen LogP contribution in [0.4, 0.5) is 0 Å². The fourth-order valence-corrected chi connectivity index (χ4v) is 4.64. The van der Waals surface area contributed by atoms with Crippen molar-refractivity contribution in [2.24, 2.45) is 11.3 Å². The molecule has 2 aromatic carbocycles. The van der Waals surface area contributed by atoms with Crippen LogP contribution >= 0.6 is 0 Å². The van der Waals surface area contributed by atoms with Crippen molar-refractivity contribution in [2.45, 2.75) is 6.61 Å². The number of carbonyl (C=O) groups excluding carboxylic acids is 1. The smallest absolute Gasteiger partial charge is 0.253 e. The molecular formula is C23H29N3O2. The first kappa shape index (κ1) is 19.0. The molecular weight excluding hydrogens is 350 g/mol. The number of para-hydroxylation sites is 1. The van der Waals surface area contributed by atoms with E-state index in [1.54, 1.807) is 0 Å². The van der Waals surface area contributed by atoms with E-state index in [0.717, 1.165) is 49.6 Å². The quantitative estimate of drug-likeness (QED) is 0.838. The van der Waals surface area contributed by atoms with Crippen LogP contribution in [0.15, 0.2) is 54.6 Å². The molecule has 1 amide bonds. The molecule has 2 aliphatic heterocycles. The van der Waals surface area contributed by atoms with Crippen molar-refractivity contribution in [3.05, 3.63) is 65.7 Å². The zero-order chi connectivity index (χ0) is 19.6. The Morgan fingerprint density at radius 3 is 2.64 bits per heavy atom. The first-order chi connectivity index (χ1) is 13.6. The lowest BCUT2D eigenvalue weighted by atomic mass is 9.80. The van der Waals surface area contributed by atoms with Crippen LogP contribution in [-0.2, 0) is 6.61 Å². The summed E-state index contributed by atoms with van der Waals surface area (Å²) in [4.78, 5) is 17.3. The van der Waals surface area contributed by atoms with E-state index in [0.29, 0.717) is 12.5 Å². The fraction of sp³-hybridized carbons (Fsp3) is 0.435. The number of carbonyl (C=O) groups is 1. The van der Waals surface area contributed by atoms with Gasteiger partial charge < -0.3 is 19.9 Å². The number of likely N-dealkylation sites (tertiary alicyclic amines) is 1. The Morgan fingerprint density at radius 2 is 1.93 bits per heavy atom. The first-order valence-electron chi connectivity index (χ1n) is 9.97. The Labute approximate surface area is 167 Å². The van der Waals surface area contributed by atoms with Crippen molar-refractivity contribution >= 4 is 5.91 Å². The molecule has 5 heteroatoms. The summed E-state index contributed by atoms with van der Waals surface area (Å²) < 4.78 is 5.79. The van der Waals surface area contributed by atoms with Crippen molar-refractivity contribution in [3.8, 4) is 5.75 Å². The maximum atomic E-state index is 13.1. The molecule has 0 radical (unpaired) electrons. The summed E-state index contributed by atoms with van der Waals surface area (Å²) in [5.74, 6) is 1.53. The Balaban J connectivity index is 1.39. The average Bonchev–Trinajstić information content (AvgIpc) is 3.23. The molecule has 0 aliphatic carbocycles. The Bertz CT molecular complexity index is 806. The molecule has 2 saturated heterocycles. The van der Waals surface area contributed by atoms with Gasteiger partial charge in [-0.15, -0.1) is 0 Å². The van der Waals surface area contributed by atoms with Crippen LogP contribution in [0, 0.1) is 11.3 Å². The van der Waals surface area contributed by atoms with Gasteiger partial charge >= 0.3 is 0 Å². The average molecular weight is 380 g/mol. The number of nitrogens with one attached hydrogen (secondary N) is 1. The predicted molar refractivity (Wildman–Crippen MR) is 110 cm³/mol. The second kappa shape index (κ2) is 7.94. The third kappa shape index (κ3) is 3.91. The van der Waals surface area contributed by atoms with Gasteiger partial charge in [-0.1, -0.05) is 30.3 Å². The van der Waals surface area contributed by atoms with Gasteiger partial charge in [0, 0.05) is 43.7 Å². The van der Waals surface area contributed by atoms with E-state index >= 15 is 0 Å². The summed E-state index contributed by atoms with van der Waals surface area (Å²) in [6.07, 6.45) is 0. The molecule has 1 N–H and O–H groups in total. The number of rotatable bonds is 6. The van der Waals surface area contributed by atoms with Crippen LogP contribution in [0.2, 0.25) is 0 Å². The predicted octanol–water partition coefficient (Wildman–Crippen LogP) is 2.49. The minimum atomic E-state index is 0.142. The maximum absolute atomic E-state index is 13.1. The van der Waals surface area contributed by atoms with Gasteiger partial charge in [0.1, 0.15) is 12.4 Å². The highest BCUT2D eigenvalue weighted by molar-refractivity contribution is 5.94. The maximum Gasteiger partial charge on any atom is 0.253 e. The third-order valence-corrected chi connectivity index (χ3v) is 5.95. The van der Waals surface area contributed by atoms with Crippen molar-refractivity contribution in [1.29, 1.82) is 0 Å². The number of fused-ring (bicyclic) bond motifs is 1. The molecule has 2 heterocycles. The standard InChI is InChI=1S/C23H29N3O2/c1-25(2)16-23-15-24-12-20(23)13-26(17-23)22(27)19-10-8-18(9-11-19)14-28-21-6-4-3-5-7-21/h3-11,20,24H,12-17H2,1-2H3. The highest BCUT2D eigenvalue weighted by Crippen LogP contribution is 2.39. The van der Waals surface area contributed by atoms with Gasteiger partial charge in [-0.3, -0.25) is 4.79 Å². The monoisotopic (exact) mass is 379 g/mol. The summed E-state index contributed by atoms with van der Waals surface area (Å²) in [5.41, 5.74) is 2.01. The third-order valence-electron chi connectivity index (χ3n) is 5.95. The van der Waals surface area contributed by atoms with Crippen LogP contribution in [-0.4, -0.2) is 62.5 Å². The van der Waals surface area contributed by atoms with E-state index < -0.39 is 0 Å². The summed E-state index contributed by atoms with van der Waals surface area (Å²) in [6.45, 7) is 5.20. The number of benzene rings is 2. The molecule has 2 fully saturated rings.